The van der Waals surface area contributed by atoms with Crippen LogP contribution >= 0.6 is 0 Å². The maximum atomic E-state index is 14.7. The molecule has 158 valence electrons. The highest BCUT2D eigenvalue weighted by atomic mass is 19.1. The van der Waals surface area contributed by atoms with Crippen molar-refractivity contribution in [3.05, 3.63) is 35.8 Å². The zero-order valence-corrected chi connectivity index (χ0v) is 16.3. The molecule has 10 heteroatoms. The monoisotopic (exact) mass is 418 g/mol. The molecule has 0 bridgehead atoms. The van der Waals surface area contributed by atoms with E-state index in [-0.39, 0.29) is 11.5 Å². The van der Waals surface area contributed by atoms with Gasteiger partial charge in [0.25, 0.3) is 0 Å². The number of rotatable bonds is 5. The predicted octanol–water partition coefficient (Wildman–Crippen LogP) is 3.07. The van der Waals surface area contributed by atoms with Gasteiger partial charge < -0.3 is 15.4 Å². The van der Waals surface area contributed by atoms with Crippen LogP contribution in [0, 0.1) is 11.6 Å². The van der Waals surface area contributed by atoms with Gasteiger partial charge in [-0.05, 0) is 25.8 Å². The molecule has 2 aliphatic rings. The third-order valence-corrected chi connectivity index (χ3v) is 5.58. The molecule has 2 fully saturated rings. The van der Waals surface area contributed by atoms with Crippen molar-refractivity contribution in [2.45, 2.75) is 37.4 Å². The molecule has 2 atom stereocenters. The second-order valence-electron chi connectivity index (χ2n) is 7.70. The summed E-state index contributed by atoms with van der Waals surface area (Å²) in [6, 6.07) is 0.107. The van der Waals surface area contributed by atoms with E-state index in [1.54, 1.807) is 13.3 Å². The number of hydrogen-bond acceptors (Lipinski definition) is 6. The van der Waals surface area contributed by atoms with Crippen LogP contribution in [0.25, 0.3) is 16.9 Å². The van der Waals surface area contributed by atoms with Gasteiger partial charge in [-0.3, -0.25) is 0 Å². The summed E-state index contributed by atoms with van der Waals surface area (Å²) >= 11 is 0. The van der Waals surface area contributed by atoms with E-state index in [9.17, 15) is 13.2 Å². The Morgan fingerprint density at radius 1 is 1.20 bits per heavy atom. The molecule has 7 nitrogen and oxygen atoms in total. The third-order valence-electron chi connectivity index (χ3n) is 5.58. The summed E-state index contributed by atoms with van der Waals surface area (Å²) in [4.78, 5) is 8.80. The molecule has 30 heavy (non-hydrogen) atoms. The lowest BCUT2D eigenvalue weighted by atomic mass is 10.1. The van der Waals surface area contributed by atoms with Crippen molar-refractivity contribution < 1.29 is 17.9 Å². The molecule has 1 saturated carbocycles. The normalized spacial score (nSPS) is 21.7. The van der Waals surface area contributed by atoms with Crippen molar-refractivity contribution in [1.29, 1.82) is 0 Å². The Hall–Kier alpha value is -2.88. The quantitative estimate of drug-likeness (QED) is 0.663. The van der Waals surface area contributed by atoms with E-state index in [0.29, 0.717) is 42.4 Å². The highest BCUT2D eigenvalue weighted by Crippen LogP contribution is 2.43. The van der Waals surface area contributed by atoms with Gasteiger partial charge in [-0.15, -0.1) is 0 Å². The first-order valence-corrected chi connectivity index (χ1v) is 9.95. The summed E-state index contributed by atoms with van der Waals surface area (Å²) < 4.78 is 50.1. The summed E-state index contributed by atoms with van der Waals surface area (Å²) in [6.45, 7) is 0.891. The molecule has 3 aromatic rings. The minimum atomic E-state index is -1.15. The summed E-state index contributed by atoms with van der Waals surface area (Å²) in [7, 11) is 1.57. The van der Waals surface area contributed by atoms with Crippen molar-refractivity contribution in [1.82, 2.24) is 24.9 Å². The lowest BCUT2D eigenvalue weighted by Gasteiger charge is -2.28. The van der Waals surface area contributed by atoms with E-state index in [1.807, 2.05) is 0 Å². The zero-order chi connectivity index (χ0) is 20.8. The highest BCUT2D eigenvalue weighted by Gasteiger charge is 2.30. The van der Waals surface area contributed by atoms with E-state index >= 15 is 0 Å². The molecular formula is C20H21F3N6O. The largest absolute Gasteiger partial charge is 0.493 e. The zero-order valence-electron chi connectivity index (χ0n) is 16.3. The number of ether oxygens (including phenoxy) is 1. The molecule has 3 aromatic heterocycles. The SMILES string of the molecule is COc1cn2ncc(-c3nc(N[C@H]4CNCC[C@@H]4F)c(F)cc3F)c2nc1C1CC1. The first-order chi connectivity index (χ1) is 14.5. The molecule has 0 spiro atoms. The van der Waals surface area contributed by atoms with Crippen LogP contribution in [-0.2, 0) is 0 Å². The number of hydrogen-bond donors (Lipinski definition) is 2. The Morgan fingerprint density at radius 3 is 2.77 bits per heavy atom. The molecule has 0 radical (unpaired) electrons. The smallest absolute Gasteiger partial charge is 0.168 e. The molecular weight excluding hydrogens is 397 g/mol. The lowest BCUT2D eigenvalue weighted by Crippen LogP contribution is -2.46. The van der Waals surface area contributed by atoms with Crippen molar-refractivity contribution in [2.24, 2.45) is 0 Å². The maximum absolute atomic E-state index is 14.7. The van der Waals surface area contributed by atoms with E-state index in [0.717, 1.165) is 24.6 Å². The summed E-state index contributed by atoms with van der Waals surface area (Å²) in [5.41, 5.74) is 1.44. The molecule has 1 aliphatic carbocycles. The van der Waals surface area contributed by atoms with E-state index < -0.39 is 23.8 Å². The van der Waals surface area contributed by atoms with Crippen LogP contribution in [-0.4, -0.2) is 52.0 Å². The first-order valence-electron chi connectivity index (χ1n) is 9.95. The number of alkyl halides is 1. The number of halogens is 3. The first kappa shape index (κ1) is 19.1. The Balaban J connectivity index is 1.56. The van der Waals surface area contributed by atoms with Gasteiger partial charge in [0, 0.05) is 18.5 Å². The average Bonchev–Trinajstić information content (AvgIpc) is 3.51. The standard InChI is InChI=1S/C20H21F3N6O/c1-30-16-9-29-20(28-17(16)10-2-3-10)11(7-25-29)18-13(22)6-14(23)19(27-18)26-15-8-24-5-4-12(15)21/h6-7,9-10,12,15,24H,2-5,8H2,1H3,(H,26,27)/t12-,15-/m0/s1. The molecule has 4 heterocycles. The van der Waals surface area contributed by atoms with Gasteiger partial charge in [0.2, 0.25) is 0 Å². The van der Waals surface area contributed by atoms with Crippen molar-refractivity contribution in [2.75, 3.05) is 25.5 Å². The van der Waals surface area contributed by atoms with Gasteiger partial charge in [-0.1, -0.05) is 0 Å². The van der Waals surface area contributed by atoms with Crippen LogP contribution in [0.1, 0.15) is 30.9 Å². The van der Waals surface area contributed by atoms with Crippen LogP contribution < -0.4 is 15.4 Å². The topological polar surface area (TPSA) is 76.4 Å². The van der Waals surface area contributed by atoms with Gasteiger partial charge in [0.15, 0.2) is 28.8 Å². The Kier molecular flexibility index (Phi) is 4.73. The molecule has 1 saturated heterocycles. The Morgan fingerprint density at radius 2 is 2.03 bits per heavy atom. The maximum Gasteiger partial charge on any atom is 0.168 e. The highest BCUT2D eigenvalue weighted by molar-refractivity contribution is 5.76. The predicted molar refractivity (Wildman–Crippen MR) is 104 cm³/mol. The van der Waals surface area contributed by atoms with Gasteiger partial charge in [-0.25, -0.2) is 27.7 Å². The number of methoxy groups -OCH3 is 1. The Bertz CT molecular complexity index is 1100. The minimum absolute atomic E-state index is 0.0903. The van der Waals surface area contributed by atoms with Crippen LogP contribution in [0.2, 0.25) is 0 Å². The number of nitrogens with one attached hydrogen (secondary N) is 2. The molecule has 2 N–H and O–H groups in total. The van der Waals surface area contributed by atoms with Gasteiger partial charge >= 0.3 is 0 Å². The fraction of sp³-hybridized carbons (Fsp3) is 0.450. The van der Waals surface area contributed by atoms with Gasteiger partial charge in [0.05, 0.1) is 36.8 Å². The van der Waals surface area contributed by atoms with Gasteiger partial charge in [0.1, 0.15) is 11.9 Å². The average molecular weight is 418 g/mol. The fourth-order valence-electron chi connectivity index (χ4n) is 3.78. The number of aromatic nitrogens is 4. The second kappa shape index (κ2) is 7.42. The number of pyridine rings is 1. The second-order valence-corrected chi connectivity index (χ2v) is 7.70. The van der Waals surface area contributed by atoms with E-state index in [4.69, 9.17) is 4.74 Å². The fourth-order valence-corrected chi connectivity index (χ4v) is 3.78. The number of nitrogens with zero attached hydrogens (tertiary/aromatic N) is 4. The minimum Gasteiger partial charge on any atom is -0.493 e. The summed E-state index contributed by atoms with van der Waals surface area (Å²) in [6.07, 6.45) is 4.33. The Labute approximate surface area is 170 Å². The van der Waals surface area contributed by atoms with Crippen molar-refractivity contribution >= 4 is 11.5 Å². The number of anilines is 1. The van der Waals surface area contributed by atoms with Crippen LogP contribution in [0.5, 0.6) is 5.75 Å². The third kappa shape index (κ3) is 3.34. The summed E-state index contributed by atoms with van der Waals surface area (Å²) in [5.74, 6) is -0.987. The van der Waals surface area contributed by atoms with Crippen LogP contribution in [0.4, 0.5) is 19.0 Å². The van der Waals surface area contributed by atoms with Crippen molar-refractivity contribution in [3.8, 4) is 17.0 Å². The molecule has 1 aliphatic heterocycles. The molecule has 0 aromatic carbocycles. The lowest BCUT2D eigenvalue weighted by molar-refractivity contribution is 0.240. The van der Waals surface area contributed by atoms with Crippen molar-refractivity contribution in [3.63, 3.8) is 0 Å². The van der Waals surface area contributed by atoms with Crippen LogP contribution in [0.15, 0.2) is 18.5 Å². The van der Waals surface area contributed by atoms with Crippen LogP contribution in [0.3, 0.4) is 0 Å². The van der Waals surface area contributed by atoms with E-state index in [1.165, 1.54) is 10.7 Å². The molecule has 5 rings (SSSR count). The van der Waals surface area contributed by atoms with Gasteiger partial charge in [-0.2, -0.15) is 5.10 Å². The van der Waals surface area contributed by atoms with E-state index in [2.05, 4.69) is 25.7 Å². The number of fused-ring (bicyclic) bond motifs is 1. The molecule has 0 unspecified atom stereocenters. The number of piperidine rings is 1. The molecule has 0 amide bonds. The summed E-state index contributed by atoms with van der Waals surface area (Å²) in [5, 5.41) is 10.1.